The van der Waals surface area contributed by atoms with Gasteiger partial charge in [0, 0.05) is 28.9 Å². The van der Waals surface area contributed by atoms with E-state index in [-0.39, 0.29) is 12.4 Å². The number of hydrogen-bond acceptors (Lipinski definition) is 4. The Labute approximate surface area is 217 Å². The molecule has 0 unspecified atom stereocenters. The first-order chi connectivity index (χ1) is 17.5. The second-order valence-electron chi connectivity index (χ2n) is 9.69. The minimum atomic E-state index is -0.921. The van der Waals surface area contributed by atoms with Gasteiger partial charge in [0.2, 0.25) is 0 Å². The van der Waals surface area contributed by atoms with Gasteiger partial charge in [0.05, 0.1) is 6.61 Å². The Hall–Kier alpha value is -2.64. The molecular weight excluding hydrogens is 475 g/mol. The van der Waals surface area contributed by atoms with Crippen molar-refractivity contribution in [1.29, 1.82) is 0 Å². The van der Waals surface area contributed by atoms with Gasteiger partial charge >= 0.3 is 5.97 Å². The molecule has 1 heterocycles. The summed E-state index contributed by atoms with van der Waals surface area (Å²) in [4.78, 5) is 10.7. The Kier molecular flexibility index (Phi) is 9.21. The molecule has 0 saturated heterocycles. The SMILES string of the molecule is CSCCc1c(-c2cccc(C)c2F)c(-c2ccccc2)nn1C[C@H]1CC[C@H](COCC(=O)O)CC1. The molecule has 1 aromatic heterocycles. The summed E-state index contributed by atoms with van der Waals surface area (Å²) < 4.78 is 22.9. The third-order valence-corrected chi connectivity index (χ3v) is 7.70. The van der Waals surface area contributed by atoms with Crippen LogP contribution in [0.3, 0.4) is 0 Å². The minimum Gasteiger partial charge on any atom is -0.480 e. The fourth-order valence-electron chi connectivity index (χ4n) is 5.16. The first-order valence-electron chi connectivity index (χ1n) is 12.7. The van der Waals surface area contributed by atoms with Gasteiger partial charge in [0.15, 0.2) is 0 Å². The Balaban J connectivity index is 1.64. The van der Waals surface area contributed by atoms with Crippen LogP contribution in [-0.2, 0) is 22.5 Å². The fourth-order valence-corrected chi connectivity index (χ4v) is 5.56. The van der Waals surface area contributed by atoms with Gasteiger partial charge < -0.3 is 9.84 Å². The van der Waals surface area contributed by atoms with Crippen molar-refractivity contribution in [3.8, 4) is 22.4 Å². The molecule has 3 aromatic rings. The van der Waals surface area contributed by atoms with Crippen LogP contribution < -0.4 is 0 Å². The van der Waals surface area contributed by atoms with E-state index in [1.165, 1.54) is 0 Å². The number of carboxylic acids is 1. The van der Waals surface area contributed by atoms with Crippen molar-refractivity contribution in [3.63, 3.8) is 0 Å². The maximum Gasteiger partial charge on any atom is 0.329 e. The summed E-state index contributed by atoms with van der Waals surface area (Å²) in [5.74, 6) is 0.726. The van der Waals surface area contributed by atoms with E-state index >= 15 is 4.39 Å². The molecular formula is C29H35FN2O3S. The van der Waals surface area contributed by atoms with Gasteiger partial charge in [-0.3, -0.25) is 4.68 Å². The van der Waals surface area contributed by atoms with Crippen molar-refractivity contribution >= 4 is 17.7 Å². The van der Waals surface area contributed by atoms with Crippen molar-refractivity contribution in [1.82, 2.24) is 9.78 Å². The standard InChI is InChI=1S/C29H35FN2O3S/c1-20-7-6-10-24(28(20)30)27-25(15-16-36-2)32(31-29(27)23-8-4-3-5-9-23)17-21-11-13-22(14-12-21)18-35-19-26(33)34/h3-10,21-22H,11-19H2,1-2H3,(H,33,34)/t21-,22-. The fraction of sp³-hybridized carbons (Fsp3) is 0.448. The number of aryl methyl sites for hydroxylation is 1. The molecule has 4 rings (SSSR count). The lowest BCUT2D eigenvalue weighted by Gasteiger charge is -2.28. The van der Waals surface area contributed by atoms with E-state index in [0.29, 0.717) is 29.6 Å². The van der Waals surface area contributed by atoms with Crippen molar-refractivity contribution in [2.75, 3.05) is 25.2 Å². The number of aromatic nitrogens is 2. The molecule has 1 N–H and O–H groups in total. The lowest BCUT2D eigenvalue weighted by molar-refractivity contribution is -0.142. The minimum absolute atomic E-state index is 0.179. The zero-order valence-corrected chi connectivity index (χ0v) is 21.9. The summed E-state index contributed by atoms with van der Waals surface area (Å²) in [6.07, 6.45) is 7.07. The van der Waals surface area contributed by atoms with Gasteiger partial charge in [-0.15, -0.1) is 0 Å². The number of halogens is 1. The number of aliphatic carboxylic acids is 1. The molecule has 0 amide bonds. The summed E-state index contributed by atoms with van der Waals surface area (Å²) in [7, 11) is 0. The van der Waals surface area contributed by atoms with Crippen LogP contribution in [0.15, 0.2) is 48.5 Å². The number of thioether (sulfide) groups is 1. The molecule has 36 heavy (non-hydrogen) atoms. The molecule has 0 atom stereocenters. The van der Waals surface area contributed by atoms with Gasteiger partial charge in [-0.1, -0.05) is 48.5 Å². The average molecular weight is 511 g/mol. The summed E-state index contributed by atoms with van der Waals surface area (Å²) in [5.41, 5.74) is 5.10. The second-order valence-corrected chi connectivity index (χ2v) is 10.7. The quantitative estimate of drug-likeness (QED) is 0.320. The Morgan fingerprint density at radius 2 is 1.83 bits per heavy atom. The van der Waals surface area contributed by atoms with Gasteiger partial charge in [0.25, 0.3) is 0 Å². The largest absolute Gasteiger partial charge is 0.480 e. The maximum absolute atomic E-state index is 15.5. The third-order valence-electron chi connectivity index (χ3n) is 7.09. The molecule has 1 saturated carbocycles. The van der Waals surface area contributed by atoms with Crippen molar-refractivity contribution in [2.24, 2.45) is 11.8 Å². The van der Waals surface area contributed by atoms with Crippen molar-refractivity contribution in [2.45, 2.75) is 45.6 Å². The molecule has 0 spiro atoms. The van der Waals surface area contributed by atoms with Crippen LogP contribution in [-0.4, -0.2) is 46.1 Å². The number of hydrogen-bond donors (Lipinski definition) is 1. The summed E-state index contributed by atoms with van der Waals surface area (Å²) >= 11 is 1.79. The number of rotatable bonds is 11. The zero-order valence-electron chi connectivity index (χ0n) is 21.1. The molecule has 5 nitrogen and oxygen atoms in total. The summed E-state index contributed by atoms with van der Waals surface area (Å²) in [6, 6.07) is 15.7. The molecule has 0 radical (unpaired) electrons. The first kappa shape index (κ1) is 26.4. The lowest BCUT2D eigenvalue weighted by Crippen LogP contribution is -2.24. The predicted molar refractivity (Wildman–Crippen MR) is 144 cm³/mol. The molecule has 1 aliphatic carbocycles. The van der Waals surface area contributed by atoms with E-state index in [0.717, 1.165) is 66.9 Å². The van der Waals surface area contributed by atoms with E-state index in [1.54, 1.807) is 11.8 Å². The van der Waals surface area contributed by atoms with Gasteiger partial charge in [-0.05, 0) is 68.4 Å². The molecule has 1 fully saturated rings. The van der Waals surface area contributed by atoms with Crippen LogP contribution in [0.4, 0.5) is 4.39 Å². The Bertz CT molecular complexity index is 1160. The highest BCUT2D eigenvalue weighted by Gasteiger charge is 2.27. The molecule has 7 heteroatoms. The van der Waals surface area contributed by atoms with Crippen molar-refractivity contribution in [3.05, 3.63) is 65.6 Å². The predicted octanol–water partition coefficient (Wildman–Crippen LogP) is 6.48. The number of ether oxygens (including phenoxy) is 1. The highest BCUT2D eigenvalue weighted by molar-refractivity contribution is 7.98. The van der Waals surface area contributed by atoms with Crippen LogP contribution in [0.5, 0.6) is 0 Å². The number of carbonyl (C=O) groups is 1. The Morgan fingerprint density at radius 1 is 1.11 bits per heavy atom. The normalized spacial score (nSPS) is 17.9. The van der Waals surface area contributed by atoms with Crippen LogP contribution >= 0.6 is 11.8 Å². The van der Waals surface area contributed by atoms with Gasteiger partial charge in [-0.2, -0.15) is 16.9 Å². The highest BCUT2D eigenvalue weighted by atomic mass is 32.2. The smallest absolute Gasteiger partial charge is 0.329 e. The molecule has 2 aromatic carbocycles. The second kappa shape index (κ2) is 12.5. The van der Waals surface area contributed by atoms with E-state index in [9.17, 15) is 4.79 Å². The van der Waals surface area contributed by atoms with E-state index in [2.05, 4.69) is 10.9 Å². The summed E-state index contributed by atoms with van der Waals surface area (Å²) in [6.45, 7) is 2.90. The number of carboxylic acid groups (broad SMARTS) is 1. The topological polar surface area (TPSA) is 64.4 Å². The van der Waals surface area contributed by atoms with Crippen molar-refractivity contribution < 1.29 is 19.0 Å². The number of benzene rings is 2. The zero-order chi connectivity index (χ0) is 25.5. The first-order valence-corrected chi connectivity index (χ1v) is 14.1. The summed E-state index contributed by atoms with van der Waals surface area (Å²) in [5, 5.41) is 13.9. The highest BCUT2D eigenvalue weighted by Crippen LogP contribution is 2.39. The van der Waals surface area contributed by atoms with Crippen LogP contribution in [0, 0.1) is 24.6 Å². The van der Waals surface area contributed by atoms with Crippen LogP contribution in [0.25, 0.3) is 22.4 Å². The Morgan fingerprint density at radius 3 is 2.53 bits per heavy atom. The van der Waals surface area contributed by atoms with E-state index in [1.807, 2.05) is 55.5 Å². The third kappa shape index (κ3) is 6.37. The number of nitrogens with zero attached hydrogens (tertiary/aromatic N) is 2. The molecule has 1 aliphatic rings. The van der Waals surface area contributed by atoms with Crippen LogP contribution in [0.2, 0.25) is 0 Å². The van der Waals surface area contributed by atoms with E-state index < -0.39 is 5.97 Å². The average Bonchev–Trinajstić information content (AvgIpc) is 3.23. The van der Waals surface area contributed by atoms with Gasteiger partial charge in [-0.25, -0.2) is 9.18 Å². The van der Waals surface area contributed by atoms with E-state index in [4.69, 9.17) is 14.9 Å². The van der Waals surface area contributed by atoms with Crippen LogP contribution in [0.1, 0.15) is 36.9 Å². The lowest BCUT2D eigenvalue weighted by atomic mass is 9.82. The monoisotopic (exact) mass is 510 g/mol. The van der Waals surface area contributed by atoms with Gasteiger partial charge in [0.1, 0.15) is 18.1 Å². The molecule has 192 valence electrons. The molecule has 0 bridgehead atoms. The molecule has 0 aliphatic heterocycles. The maximum atomic E-state index is 15.5.